The van der Waals surface area contributed by atoms with Crippen molar-refractivity contribution < 1.29 is 32.6 Å². The number of hydrogen-bond acceptors (Lipinski definition) is 3. The normalized spacial score (nSPS) is 21.6. The molecule has 0 bridgehead atoms. The average molecular weight is 391 g/mol. The van der Waals surface area contributed by atoms with Crippen molar-refractivity contribution >= 4 is 11.9 Å². The number of rotatable bonds is 2. The zero-order chi connectivity index (χ0) is 20.1. The van der Waals surface area contributed by atoms with Gasteiger partial charge in [-0.3, -0.25) is 9.59 Å². The molecule has 2 atom stereocenters. The molecule has 2 heterocycles. The Kier molecular flexibility index (Phi) is 4.28. The van der Waals surface area contributed by atoms with Crippen molar-refractivity contribution in [2.45, 2.75) is 12.1 Å². The van der Waals surface area contributed by atoms with Crippen molar-refractivity contribution in [3.8, 4) is 11.5 Å². The number of likely N-dealkylation sites (tertiary alicyclic amines) is 1. The van der Waals surface area contributed by atoms with Crippen LogP contribution in [0.1, 0.15) is 17.0 Å². The highest BCUT2D eigenvalue weighted by Crippen LogP contribution is 2.46. The molecule has 0 aliphatic carbocycles. The molecule has 0 saturated carbocycles. The Bertz CT molecular complexity index is 898. The Morgan fingerprint density at radius 1 is 0.964 bits per heavy atom. The third-order valence-corrected chi connectivity index (χ3v) is 5.30. The number of amides is 1. The van der Waals surface area contributed by atoms with E-state index >= 15 is 0 Å². The third kappa shape index (κ3) is 2.98. The van der Waals surface area contributed by atoms with Gasteiger partial charge in [-0.2, -0.15) is 13.2 Å². The minimum Gasteiger partial charge on any atom is -0.481 e. The van der Waals surface area contributed by atoms with E-state index in [1.807, 2.05) is 0 Å². The molecule has 2 aliphatic rings. The van der Waals surface area contributed by atoms with Gasteiger partial charge in [0.2, 0.25) is 5.91 Å². The van der Waals surface area contributed by atoms with Crippen molar-refractivity contribution in [1.82, 2.24) is 4.90 Å². The van der Waals surface area contributed by atoms with Gasteiger partial charge in [0, 0.05) is 24.2 Å². The second-order valence-electron chi connectivity index (χ2n) is 6.95. The predicted octanol–water partition coefficient (Wildman–Crippen LogP) is 3.65. The van der Waals surface area contributed by atoms with Gasteiger partial charge in [0.15, 0.2) is 0 Å². The molecule has 0 radical (unpaired) electrons. The van der Waals surface area contributed by atoms with E-state index < -0.39 is 48.9 Å². The van der Waals surface area contributed by atoms with E-state index in [9.17, 15) is 27.9 Å². The number of fused-ring (bicyclic) bond motifs is 2. The summed E-state index contributed by atoms with van der Waals surface area (Å²) < 4.78 is 45.7. The number of carboxylic acid groups (broad SMARTS) is 1. The van der Waals surface area contributed by atoms with Crippen LogP contribution in [0.15, 0.2) is 48.5 Å². The highest BCUT2D eigenvalue weighted by molar-refractivity contribution is 5.90. The summed E-state index contributed by atoms with van der Waals surface area (Å²) in [4.78, 5) is 25.6. The first kappa shape index (κ1) is 18.3. The maximum absolute atomic E-state index is 13.3. The average Bonchev–Trinajstić information content (AvgIpc) is 3.12. The number of nitrogens with zero attached hydrogens (tertiary/aromatic N) is 1. The van der Waals surface area contributed by atoms with Gasteiger partial charge in [0.1, 0.15) is 11.5 Å². The lowest BCUT2D eigenvalue weighted by atomic mass is 9.87. The number of carboxylic acids is 1. The quantitative estimate of drug-likeness (QED) is 0.849. The predicted molar refractivity (Wildman–Crippen MR) is 92.1 cm³/mol. The minimum absolute atomic E-state index is 0.459. The number of hydrogen-bond donors (Lipinski definition) is 1. The molecule has 8 heteroatoms. The van der Waals surface area contributed by atoms with Crippen LogP contribution < -0.4 is 4.74 Å². The Morgan fingerprint density at radius 3 is 1.96 bits per heavy atom. The minimum atomic E-state index is -4.69. The van der Waals surface area contributed by atoms with Crippen LogP contribution in [0.4, 0.5) is 13.2 Å². The number of benzene rings is 2. The molecule has 4 rings (SSSR count). The summed E-state index contributed by atoms with van der Waals surface area (Å²) in [6.45, 7) is -1.14. The monoisotopic (exact) mass is 391 g/mol. The standard InChI is InChI=1S/C20H16F3NO4/c21-20(22,23)14-10-24(9-13(14)19(26)27)18(25)17-11-5-1-3-7-15(11)28-16-8-4-2-6-12(16)17/h1-8,13-14,17H,9-10H2,(H,26,27)/t13-,14-/m1/s1. The Morgan fingerprint density at radius 2 is 1.50 bits per heavy atom. The van der Waals surface area contributed by atoms with Crippen LogP contribution in [0.5, 0.6) is 11.5 Å². The van der Waals surface area contributed by atoms with Gasteiger partial charge < -0.3 is 14.7 Å². The highest BCUT2D eigenvalue weighted by atomic mass is 19.4. The van der Waals surface area contributed by atoms with Crippen molar-refractivity contribution in [3.05, 3.63) is 59.7 Å². The van der Waals surface area contributed by atoms with E-state index in [2.05, 4.69) is 0 Å². The smallest absolute Gasteiger partial charge is 0.394 e. The largest absolute Gasteiger partial charge is 0.481 e. The summed E-state index contributed by atoms with van der Waals surface area (Å²) in [5, 5.41) is 9.21. The lowest BCUT2D eigenvalue weighted by Gasteiger charge is -2.30. The molecular formula is C20H16F3NO4. The number of carbonyl (C=O) groups is 2. The molecule has 2 aromatic rings. The first-order valence-corrected chi connectivity index (χ1v) is 8.71. The molecular weight excluding hydrogens is 375 g/mol. The lowest BCUT2D eigenvalue weighted by Crippen LogP contribution is -2.36. The molecule has 1 amide bonds. The molecule has 0 aromatic heterocycles. The number of halogens is 3. The summed E-state index contributed by atoms with van der Waals surface area (Å²) in [6.07, 6.45) is -4.69. The summed E-state index contributed by atoms with van der Waals surface area (Å²) >= 11 is 0. The van der Waals surface area contributed by atoms with E-state index in [1.165, 1.54) is 0 Å². The second-order valence-corrected chi connectivity index (χ2v) is 6.95. The number of para-hydroxylation sites is 2. The summed E-state index contributed by atoms with van der Waals surface area (Å²) in [5.74, 6) is -5.79. The van der Waals surface area contributed by atoms with Gasteiger partial charge in [-0.15, -0.1) is 0 Å². The number of ether oxygens (including phenoxy) is 1. The molecule has 5 nitrogen and oxygen atoms in total. The van der Waals surface area contributed by atoms with E-state index in [4.69, 9.17) is 4.74 Å². The SMILES string of the molecule is O=C(O)[C@@H]1CN(C(=O)C2c3ccccc3Oc3ccccc32)C[C@H]1C(F)(F)F. The molecule has 1 N–H and O–H groups in total. The summed E-state index contributed by atoms with van der Waals surface area (Å²) in [5.41, 5.74) is 1.10. The van der Waals surface area contributed by atoms with Gasteiger partial charge in [-0.05, 0) is 12.1 Å². The Hall–Kier alpha value is -3.03. The fraction of sp³-hybridized carbons (Fsp3) is 0.300. The zero-order valence-electron chi connectivity index (χ0n) is 14.5. The van der Waals surface area contributed by atoms with Crippen LogP contribution in [0.2, 0.25) is 0 Å². The second kappa shape index (κ2) is 6.54. The first-order valence-electron chi connectivity index (χ1n) is 8.71. The van der Waals surface area contributed by atoms with E-state index in [0.29, 0.717) is 22.6 Å². The molecule has 2 aliphatic heterocycles. The van der Waals surface area contributed by atoms with Crippen LogP contribution in [-0.4, -0.2) is 41.1 Å². The van der Waals surface area contributed by atoms with Crippen LogP contribution in [-0.2, 0) is 9.59 Å². The van der Waals surface area contributed by atoms with Crippen molar-refractivity contribution in [3.63, 3.8) is 0 Å². The van der Waals surface area contributed by atoms with Crippen LogP contribution in [0, 0.1) is 11.8 Å². The molecule has 0 spiro atoms. The van der Waals surface area contributed by atoms with E-state index in [0.717, 1.165) is 4.90 Å². The highest BCUT2D eigenvalue weighted by Gasteiger charge is 2.54. The molecule has 28 heavy (non-hydrogen) atoms. The van der Waals surface area contributed by atoms with Crippen molar-refractivity contribution in [1.29, 1.82) is 0 Å². The van der Waals surface area contributed by atoms with Gasteiger partial charge in [-0.25, -0.2) is 0 Å². The molecule has 1 fully saturated rings. The fourth-order valence-electron chi connectivity index (χ4n) is 3.92. The maximum atomic E-state index is 13.3. The lowest BCUT2D eigenvalue weighted by molar-refractivity contribution is -0.188. The molecule has 1 saturated heterocycles. The van der Waals surface area contributed by atoms with E-state index in [-0.39, 0.29) is 0 Å². The first-order chi connectivity index (χ1) is 13.3. The maximum Gasteiger partial charge on any atom is 0.394 e. The molecule has 0 unspecified atom stereocenters. The topological polar surface area (TPSA) is 66.8 Å². The fourth-order valence-corrected chi connectivity index (χ4v) is 3.92. The molecule has 2 aromatic carbocycles. The van der Waals surface area contributed by atoms with Gasteiger partial charge in [0.05, 0.1) is 17.8 Å². The zero-order valence-corrected chi connectivity index (χ0v) is 14.5. The number of alkyl halides is 3. The molecule has 146 valence electrons. The van der Waals surface area contributed by atoms with Crippen molar-refractivity contribution in [2.24, 2.45) is 11.8 Å². The summed E-state index contributed by atoms with van der Waals surface area (Å²) in [6, 6.07) is 13.7. The third-order valence-electron chi connectivity index (χ3n) is 5.30. The Balaban J connectivity index is 1.72. The van der Waals surface area contributed by atoms with Crippen LogP contribution in [0.25, 0.3) is 0 Å². The van der Waals surface area contributed by atoms with Gasteiger partial charge >= 0.3 is 12.1 Å². The van der Waals surface area contributed by atoms with Crippen LogP contribution >= 0.6 is 0 Å². The number of carbonyl (C=O) groups excluding carboxylic acids is 1. The van der Waals surface area contributed by atoms with Gasteiger partial charge in [0.25, 0.3) is 0 Å². The van der Waals surface area contributed by atoms with Crippen LogP contribution in [0.3, 0.4) is 0 Å². The Labute approximate surface area is 158 Å². The van der Waals surface area contributed by atoms with Gasteiger partial charge in [-0.1, -0.05) is 36.4 Å². The summed E-state index contributed by atoms with van der Waals surface area (Å²) in [7, 11) is 0. The van der Waals surface area contributed by atoms with Crippen molar-refractivity contribution in [2.75, 3.05) is 13.1 Å². The van der Waals surface area contributed by atoms with E-state index in [1.54, 1.807) is 48.5 Å². The number of aliphatic carboxylic acids is 1.